The molecule has 5 heteroatoms. The fraction of sp³-hybridized carbons (Fsp3) is 0.529. The van der Waals surface area contributed by atoms with Crippen LogP contribution in [-0.2, 0) is 9.59 Å². The topological polar surface area (TPSA) is 58.6 Å². The zero-order chi connectivity index (χ0) is 15.5. The summed E-state index contributed by atoms with van der Waals surface area (Å²) in [6.07, 6.45) is 4.84. The van der Waals surface area contributed by atoms with Crippen LogP contribution < -0.4 is 10.1 Å². The maximum absolute atomic E-state index is 12.4. The van der Waals surface area contributed by atoms with Crippen LogP contribution in [0.1, 0.15) is 32.1 Å². The first-order valence-corrected chi connectivity index (χ1v) is 7.92. The Kier molecular flexibility index (Phi) is 4.32. The molecule has 1 aromatic rings. The molecule has 0 unspecified atom stereocenters. The number of anilines is 1. The summed E-state index contributed by atoms with van der Waals surface area (Å²) in [4.78, 5) is 26.5. The molecule has 1 N–H and O–H groups in total. The minimum absolute atomic E-state index is 0.0988. The van der Waals surface area contributed by atoms with Crippen molar-refractivity contribution < 1.29 is 14.3 Å². The smallest absolute Gasteiger partial charge is 0.229 e. The maximum atomic E-state index is 12.4. The highest BCUT2D eigenvalue weighted by Gasteiger charge is 2.38. The van der Waals surface area contributed by atoms with Crippen molar-refractivity contribution in [1.29, 1.82) is 0 Å². The number of para-hydroxylation sites is 2. The van der Waals surface area contributed by atoms with Gasteiger partial charge in [0, 0.05) is 19.0 Å². The molecule has 1 aliphatic carbocycles. The van der Waals surface area contributed by atoms with E-state index < -0.39 is 0 Å². The zero-order valence-electron chi connectivity index (χ0n) is 12.9. The van der Waals surface area contributed by atoms with Gasteiger partial charge in [-0.3, -0.25) is 9.59 Å². The third-order valence-corrected chi connectivity index (χ3v) is 4.66. The monoisotopic (exact) mass is 302 g/mol. The highest BCUT2D eigenvalue weighted by atomic mass is 16.5. The maximum Gasteiger partial charge on any atom is 0.229 e. The predicted octanol–water partition coefficient (Wildman–Crippen LogP) is 2.42. The van der Waals surface area contributed by atoms with Gasteiger partial charge in [0.1, 0.15) is 5.75 Å². The van der Waals surface area contributed by atoms with Crippen LogP contribution in [-0.4, -0.2) is 36.4 Å². The number of ether oxygens (including phenoxy) is 1. The van der Waals surface area contributed by atoms with Crippen molar-refractivity contribution in [1.82, 2.24) is 4.90 Å². The molecule has 2 aliphatic rings. The second-order valence-electron chi connectivity index (χ2n) is 6.07. The van der Waals surface area contributed by atoms with Crippen LogP contribution >= 0.6 is 0 Å². The van der Waals surface area contributed by atoms with Crippen LogP contribution in [0, 0.1) is 5.92 Å². The van der Waals surface area contributed by atoms with Gasteiger partial charge in [0.2, 0.25) is 11.8 Å². The third-order valence-electron chi connectivity index (χ3n) is 4.66. The number of nitrogens with zero attached hydrogens (tertiary/aromatic N) is 1. The van der Waals surface area contributed by atoms with Crippen molar-refractivity contribution in [2.24, 2.45) is 5.92 Å². The SMILES string of the molecule is COc1ccccc1NC(=O)[C@H]1CC(=O)N(C2CCCC2)C1. The average Bonchev–Trinajstić information content (AvgIpc) is 3.16. The fourth-order valence-corrected chi connectivity index (χ4v) is 3.46. The summed E-state index contributed by atoms with van der Waals surface area (Å²) < 4.78 is 5.24. The molecule has 1 saturated heterocycles. The van der Waals surface area contributed by atoms with E-state index >= 15 is 0 Å². The molecular weight excluding hydrogens is 280 g/mol. The number of carbonyl (C=O) groups excluding carboxylic acids is 2. The lowest BCUT2D eigenvalue weighted by molar-refractivity contribution is -0.129. The molecule has 0 spiro atoms. The summed E-state index contributed by atoms with van der Waals surface area (Å²) in [6, 6.07) is 7.66. The van der Waals surface area contributed by atoms with Crippen LogP contribution in [0.5, 0.6) is 5.75 Å². The van der Waals surface area contributed by atoms with E-state index in [0.29, 0.717) is 30.4 Å². The first-order valence-electron chi connectivity index (χ1n) is 7.92. The minimum Gasteiger partial charge on any atom is -0.495 e. The van der Waals surface area contributed by atoms with Crippen LogP contribution in [0.4, 0.5) is 5.69 Å². The van der Waals surface area contributed by atoms with E-state index in [9.17, 15) is 9.59 Å². The standard InChI is InChI=1S/C17H22N2O3/c1-22-15-9-5-4-8-14(15)18-17(21)12-10-16(20)19(11-12)13-6-2-3-7-13/h4-5,8-9,12-13H,2-3,6-7,10-11H2,1H3,(H,18,21)/t12-/m0/s1. The van der Waals surface area contributed by atoms with E-state index in [4.69, 9.17) is 4.74 Å². The Morgan fingerprint density at radius 1 is 1.27 bits per heavy atom. The number of rotatable bonds is 4. The Morgan fingerprint density at radius 3 is 2.73 bits per heavy atom. The quantitative estimate of drug-likeness (QED) is 0.929. The second kappa shape index (κ2) is 6.38. The number of nitrogens with one attached hydrogen (secondary N) is 1. The fourth-order valence-electron chi connectivity index (χ4n) is 3.46. The molecule has 2 fully saturated rings. The lowest BCUT2D eigenvalue weighted by atomic mass is 10.1. The normalized spacial score (nSPS) is 22.1. The van der Waals surface area contributed by atoms with Gasteiger partial charge in [-0.25, -0.2) is 0 Å². The van der Waals surface area contributed by atoms with Crippen molar-refractivity contribution >= 4 is 17.5 Å². The number of hydrogen-bond donors (Lipinski definition) is 1. The van der Waals surface area contributed by atoms with Crippen LogP contribution in [0.25, 0.3) is 0 Å². The highest BCUT2D eigenvalue weighted by Crippen LogP contribution is 2.30. The number of likely N-dealkylation sites (tertiary alicyclic amines) is 1. The first-order chi connectivity index (χ1) is 10.7. The van der Waals surface area contributed by atoms with Gasteiger partial charge in [-0.2, -0.15) is 0 Å². The lowest BCUT2D eigenvalue weighted by Crippen LogP contribution is -2.35. The Bertz CT molecular complexity index is 567. The summed E-state index contributed by atoms with van der Waals surface area (Å²) >= 11 is 0. The minimum atomic E-state index is -0.266. The first kappa shape index (κ1) is 14.9. The van der Waals surface area contributed by atoms with E-state index in [-0.39, 0.29) is 17.7 Å². The summed E-state index contributed by atoms with van der Waals surface area (Å²) in [5.41, 5.74) is 0.654. The van der Waals surface area contributed by atoms with Crippen molar-refractivity contribution in [3.05, 3.63) is 24.3 Å². The molecule has 22 heavy (non-hydrogen) atoms. The Labute approximate surface area is 130 Å². The summed E-state index contributed by atoms with van der Waals surface area (Å²) in [7, 11) is 1.58. The van der Waals surface area contributed by atoms with E-state index in [1.807, 2.05) is 23.1 Å². The Morgan fingerprint density at radius 2 is 2.00 bits per heavy atom. The second-order valence-corrected chi connectivity index (χ2v) is 6.07. The molecule has 0 radical (unpaired) electrons. The number of hydrogen-bond acceptors (Lipinski definition) is 3. The Balaban J connectivity index is 1.64. The molecule has 1 saturated carbocycles. The molecule has 2 amide bonds. The summed E-state index contributed by atoms with van der Waals surface area (Å²) in [5, 5.41) is 2.89. The van der Waals surface area contributed by atoms with Crippen LogP contribution in [0.2, 0.25) is 0 Å². The van der Waals surface area contributed by atoms with Crippen LogP contribution in [0.3, 0.4) is 0 Å². The molecule has 5 nitrogen and oxygen atoms in total. The van der Waals surface area contributed by atoms with Gasteiger partial charge >= 0.3 is 0 Å². The highest BCUT2D eigenvalue weighted by molar-refractivity contribution is 5.98. The zero-order valence-corrected chi connectivity index (χ0v) is 12.9. The van der Waals surface area contributed by atoms with Crippen LogP contribution in [0.15, 0.2) is 24.3 Å². The van der Waals surface area contributed by atoms with Crippen molar-refractivity contribution in [3.63, 3.8) is 0 Å². The van der Waals surface area contributed by atoms with E-state index in [1.54, 1.807) is 13.2 Å². The van der Waals surface area contributed by atoms with E-state index in [1.165, 1.54) is 12.8 Å². The number of benzene rings is 1. The van der Waals surface area contributed by atoms with Gasteiger partial charge in [-0.15, -0.1) is 0 Å². The van der Waals surface area contributed by atoms with E-state index in [2.05, 4.69) is 5.32 Å². The van der Waals surface area contributed by atoms with Crippen molar-refractivity contribution in [2.45, 2.75) is 38.1 Å². The van der Waals surface area contributed by atoms with Crippen molar-refractivity contribution in [3.8, 4) is 5.75 Å². The lowest BCUT2D eigenvalue weighted by Gasteiger charge is -2.23. The Hall–Kier alpha value is -2.04. The molecule has 1 aliphatic heterocycles. The number of carbonyl (C=O) groups is 2. The van der Waals surface area contributed by atoms with Gasteiger partial charge in [0.05, 0.1) is 18.7 Å². The molecule has 0 aromatic heterocycles. The molecule has 0 bridgehead atoms. The predicted molar refractivity (Wildman–Crippen MR) is 83.7 cm³/mol. The van der Waals surface area contributed by atoms with Gasteiger partial charge in [0.15, 0.2) is 0 Å². The van der Waals surface area contributed by atoms with E-state index in [0.717, 1.165) is 12.8 Å². The summed E-state index contributed by atoms with van der Waals surface area (Å²) in [6.45, 7) is 0.546. The molecule has 1 aromatic carbocycles. The molecule has 118 valence electrons. The third kappa shape index (κ3) is 2.93. The van der Waals surface area contributed by atoms with Gasteiger partial charge in [-0.05, 0) is 25.0 Å². The van der Waals surface area contributed by atoms with Gasteiger partial charge < -0.3 is 15.0 Å². The van der Waals surface area contributed by atoms with Gasteiger partial charge in [-0.1, -0.05) is 25.0 Å². The van der Waals surface area contributed by atoms with Gasteiger partial charge in [0.25, 0.3) is 0 Å². The molecular formula is C17H22N2O3. The molecule has 3 rings (SSSR count). The molecule has 1 heterocycles. The molecule has 1 atom stereocenters. The largest absolute Gasteiger partial charge is 0.495 e. The number of methoxy groups -OCH3 is 1. The summed E-state index contributed by atoms with van der Waals surface area (Å²) in [5.74, 6) is 0.385. The number of amides is 2. The average molecular weight is 302 g/mol. The van der Waals surface area contributed by atoms with Crippen molar-refractivity contribution in [2.75, 3.05) is 19.0 Å².